The predicted molar refractivity (Wildman–Crippen MR) is 127 cm³/mol. The molecule has 0 radical (unpaired) electrons. The summed E-state index contributed by atoms with van der Waals surface area (Å²) in [4.78, 5) is 32.2. The third-order valence-electron chi connectivity index (χ3n) is 4.99. The van der Waals surface area contributed by atoms with Crippen LogP contribution in [0.4, 0.5) is 13.2 Å². The molecule has 0 aliphatic heterocycles. The first-order valence-electron chi connectivity index (χ1n) is 10.6. The van der Waals surface area contributed by atoms with Gasteiger partial charge >= 0.3 is 6.36 Å². The normalized spacial score (nSPS) is 12.3. The van der Waals surface area contributed by atoms with Crippen LogP contribution in [-0.2, 0) is 11.3 Å². The zero-order valence-electron chi connectivity index (χ0n) is 18.7. The lowest BCUT2D eigenvalue weighted by Crippen LogP contribution is -2.22. The van der Waals surface area contributed by atoms with E-state index in [9.17, 15) is 22.8 Å². The number of alkyl halides is 3. The summed E-state index contributed by atoms with van der Waals surface area (Å²) in [6, 6.07) is 8.25. The molecule has 0 atom stereocenters. The fraction of sp³-hybridized carbons (Fsp3) is 0.208. The molecule has 184 valence electrons. The summed E-state index contributed by atoms with van der Waals surface area (Å²) in [5.74, 6) is -0.836. The second-order valence-electron chi connectivity index (χ2n) is 7.42. The molecule has 1 aromatic carbocycles. The number of allylic oxidation sites excluding steroid dienone is 3. The molecule has 0 amide bonds. The molecule has 0 bridgehead atoms. The van der Waals surface area contributed by atoms with Crippen molar-refractivity contribution in [2.45, 2.75) is 19.3 Å². The van der Waals surface area contributed by atoms with Gasteiger partial charge in [0.1, 0.15) is 5.76 Å². The molecule has 11 heteroatoms. The van der Waals surface area contributed by atoms with Crippen LogP contribution in [0.3, 0.4) is 0 Å². The van der Waals surface area contributed by atoms with Gasteiger partial charge in [-0.05, 0) is 36.7 Å². The summed E-state index contributed by atoms with van der Waals surface area (Å²) in [5, 5.41) is 3.26. The molecule has 0 fully saturated rings. The largest absolute Gasteiger partial charge is 0.573 e. The molecule has 0 saturated heterocycles. The third kappa shape index (κ3) is 6.34. The molecule has 8 nitrogen and oxygen atoms in total. The number of nitrogens with two attached hydrogens (primary N) is 1. The van der Waals surface area contributed by atoms with Crippen LogP contribution in [0.25, 0.3) is 22.5 Å². The van der Waals surface area contributed by atoms with Crippen molar-refractivity contribution in [3.05, 3.63) is 99.6 Å². The number of hydrogen-bond donors (Lipinski definition) is 3. The molecular formula is C24H24F3N5O3. The Hall–Kier alpha value is -3.96. The maximum absolute atomic E-state index is 12.8. The van der Waals surface area contributed by atoms with E-state index in [2.05, 4.69) is 33.2 Å². The molecule has 3 aromatic rings. The number of rotatable bonds is 10. The second kappa shape index (κ2) is 11.0. The summed E-state index contributed by atoms with van der Waals surface area (Å²) in [6.45, 7) is 8.81. The van der Waals surface area contributed by atoms with Gasteiger partial charge in [0.05, 0.1) is 11.3 Å². The van der Waals surface area contributed by atoms with Gasteiger partial charge in [-0.1, -0.05) is 43.5 Å². The molecule has 2 aromatic heterocycles. The van der Waals surface area contributed by atoms with Crippen molar-refractivity contribution < 1.29 is 17.9 Å². The van der Waals surface area contributed by atoms with Crippen LogP contribution in [0, 0.1) is 0 Å². The second-order valence-corrected chi connectivity index (χ2v) is 7.42. The molecule has 0 unspecified atom stereocenters. The molecule has 2 heterocycles. The lowest BCUT2D eigenvalue weighted by Gasteiger charge is -2.13. The number of nitrogens with one attached hydrogen (secondary N) is 2. The van der Waals surface area contributed by atoms with Crippen molar-refractivity contribution in [3.8, 4) is 11.1 Å². The molecule has 3 rings (SSSR count). The number of H-pyrrole nitrogens is 1. The van der Waals surface area contributed by atoms with Gasteiger partial charge in [-0.15, -0.1) is 13.2 Å². The van der Waals surface area contributed by atoms with Gasteiger partial charge in [0.25, 0.3) is 11.1 Å². The van der Waals surface area contributed by atoms with Gasteiger partial charge in [-0.25, -0.2) is 4.98 Å². The Morgan fingerprint density at radius 2 is 1.91 bits per heavy atom. The smallest absolute Gasteiger partial charge is 0.405 e. The monoisotopic (exact) mass is 487 g/mol. The van der Waals surface area contributed by atoms with E-state index in [4.69, 9.17) is 5.73 Å². The molecule has 0 spiro atoms. The van der Waals surface area contributed by atoms with Crippen molar-refractivity contribution in [2.75, 3.05) is 13.1 Å². The maximum Gasteiger partial charge on any atom is 0.573 e. The van der Waals surface area contributed by atoms with Crippen LogP contribution in [0.15, 0.2) is 77.2 Å². The summed E-state index contributed by atoms with van der Waals surface area (Å²) in [6.07, 6.45) is -0.900. The summed E-state index contributed by atoms with van der Waals surface area (Å²) >= 11 is 0. The van der Waals surface area contributed by atoms with Crippen molar-refractivity contribution in [3.63, 3.8) is 0 Å². The van der Waals surface area contributed by atoms with Gasteiger partial charge in [0.15, 0.2) is 0 Å². The van der Waals surface area contributed by atoms with Crippen LogP contribution < -0.4 is 22.2 Å². The van der Waals surface area contributed by atoms with E-state index < -0.39 is 23.2 Å². The molecule has 0 saturated carbocycles. The summed E-state index contributed by atoms with van der Waals surface area (Å²) in [7, 11) is 0. The average Bonchev–Trinajstić information content (AvgIpc) is 2.81. The standard InChI is InChI=1S/C24H24F3N5O3/c1-3-17(20(4-2)35-24(25,26)27)19-12-21(33)32-14-18(22(34)31-23(32)30-19)16-8-6-15(7-9-16)13-29-11-5-10-28/h3-4,6-9,12,14,29H,1-2,5,10-11,13,28H2,(H,30,31,34)/b20-17-. The van der Waals surface area contributed by atoms with E-state index in [0.717, 1.165) is 41.1 Å². The lowest BCUT2D eigenvalue weighted by atomic mass is 10.1. The van der Waals surface area contributed by atoms with Crippen LogP contribution in [0.5, 0.6) is 0 Å². The first-order valence-corrected chi connectivity index (χ1v) is 10.6. The first kappa shape index (κ1) is 25.7. The van der Waals surface area contributed by atoms with E-state index in [1.54, 1.807) is 12.1 Å². The first-order chi connectivity index (χ1) is 16.7. The average molecular weight is 487 g/mol. The number of aromatic nitrogens is 3. The Kier molecular flexibility index (Phi) is 8.05. The van der Waals surface area contributed by atoms with Crippen molar-refractivity contribution in [1.29, 1.82) is 0 Å². The van der Waals surface area contributed by atoms with Crippen LogP contribution >= 0.6 is 0 Å². The van der Waals surface area contributed by atoms with E-state index >= 15 is 0 Å². The SMILES string of the molecule is C=C/C(OC(F)(F)F)=C(\C=C)c1cc(=O)n2cc(-c3ccc(CNCCCN)cc3)c(=O)[nH]c2n1. The fourth-order valence-corrected chi connectivity index (χ4v) is 3.33. The zero-order chi connectivity index (χ0) is 25.6. The minimum Gasteiger partial charge on any atom is -0.405 e. The van der Waals surface area contributed by atoms with E-state index in [1.165, 1.54) is 6.20 Å². The zero-order valence-corrected chi connectivity index (χ0v) is 18.7. The van der Waals surface area contributed by atoms with Crippen LogP contribution in [0.1, 0.15) is 17.7 Å². The van der Waals surface area contributed by atoms with E-state index in [0.29, 0.717) is 18.7 Å². The number of benzene rings is 1. The van der Waals surface area contributed by atoms with Gasteiger partial charge in [0, 0.05) is 24.4 Å². The number of fused-ring (bicyclic) bond motifs is 1. The van der Waals surface area contributed by atoms with Gasteiger partial charge < -0.3 is 15.8 Å². The highest BCUT2D eigenvalue weighted by molar-refractivity contribution is 5.75. The highest BCUT2D eigenvalue weighted by atomic mass is 19.4. The molecule has 35 heavy (non-hydrogen) atoms. The number of ether oxygens (including phenoxy) is 1. The van der Waals surface area contributed by atoms with Crippen molar-refractivity contribution in [2.24, 2.45) is 5.73 Å². The number of halogens is 3. The van der Waals surface area contributed by atoms with Gasteiger partial charge in [0.2, 0.25) is 5.78 Å². The lowest BCUT2D eigenvalue weighted by molar-refractivity contribution is -0.302. The molecule has 4 N–H and O–H groups in total. The predicted octanol–water partition coefficient (Wildman–Crippen LogP) is 3.11. The van der Waals surface area contributed by atoms with Crippen LogP contribution in [-0.4, -0.2) is 33.8 Å². The maximum atomic E-state index is 12.8. The highest BCUT2D eigenvalue weighted by Gasteiger charge is 2.32. The Morgan fingerprint density at radius 3 is 2.51 bits per heavy atom. The van der Waals surface area contributed by atoms with Crippen LogP contribution in [0.2, 0.25) is 0 Å². The Bertz CT molecular complexity index is 1370. The van der Waals surface area contributed by atoms with Gasteiger partial charge in [-0.2, -0.15) is 0 Å². The third-order valence-corrected chi connectivity index (χ3v) is 4.99. The topological polar surface area (TPSA) is 115 Å². The van der Waals surface area contributed by atoms with Gasteiger partial charge in [-0.3, -0.25) is 19.0 Å². The molecule has 0 aliphatic rings. The van der Waals surface area contributed by atoms with Crippen molar-refractivity contribution >= 4 is 11.4 Å². The minimum absolute atomic E-state index is 0.156. The molecule has 0 aliphatic carbocycles. The summed E-state index contributed by atoms with van der Waals surface area (Å²) < 4.78 is 43.3. The Labute approximate surface area is 198 Å². The highest BCUT2D eigenvalue weighted by Crippen LogP contribution is 2.27. The summed E-state index contributed by atoms with van der Waals surface area (Å²) in [5.41, 5.74) is 5.75. The van der Waals surface area contributed by atoms with E-state index in [-0.39, 0.29) is 22.6 Å². The quantitative estimate of drug-likeness (QED) is 0.230. The van der Waals surface area contributed by atoms with E-state index in [1.807, 2.05) is 12.1 Å². The molecular weight excluding hydrogens is 463 g/mol. The fourth-order valence-electron chi connectivity index (χ4n) is 3.33. The number of hydrogen-bond acceptors (Lipinski definition) is 6. The Balaban J connectivity index is 2.00. The minimum atomic E-state index is -4.98. The number of aromatic amines is 1. The van der Waals surface area contributed by atoms with Crippen molar-refractivity contribution in [1.82, 2.24) is 19.7 Å². The Morgan fingerprint density at radius 1 is 1.20 bits per heavy atom. The number of nitrogens with zero attached hydrogens (tertiary/aromatic N) is 2.